The Kier molecular flexibility index (Phi) is 8.55. The average molecular weight is 534 g/mol. The van der Waals surface area contributed by atoms with Crippen molar-refractivity contribution in [3.63, 3.8) is 0 Å². The normalized spacial score (nSPS) is 11.5. The molecule has 0 radical (unpaired) electrons. The van der Waals surface area contributed by atoms with Crippen molar-refractivity contribution < 1.29 is 27.2 Å². The summed E-state index contributed by atoms with van der Waals surface area (Å²) in [7, 11) is -4.71. The topological polar surface area (TPSA) is 71.1 Å². The molecule has 6 nitrogen and oxygen atoms in total. The van der Waals surface area contributed by atoms with Crippen LogP contribution < -0.4 is 18.1 Å². The Labute approximate surface area is 219 Å². The Morgan fingerprint density at radius 3 is 1.14 bits per heavy atom. The van der Waals surface area contributed by atoms with Crippen molar-refractivity contribution in [3.8, 4) is 23.0 Å². The largest absolute Gasteiger partial charge is 0.805 e. The van der Waals surface area contributed by atoms with E-state index >= 15 is 0 Å². The highest BCUT2D eigenvalue weighted by molar-refractivity contribution is 7.34. The highest BCUT2D eigenvalue weighted by Crippen LogP contribution is 2.36. The van der Waals surface area contributed by atoms with Gasteiger partial charge in [-0.25, -0.2) is 18.1 Å². The highest BCUT2D eigenvalue weighted by Gasteiger charge is 2.27. The van der Waals surface area contributed by atoms with Gasteiger partial charge in [0.15, 0.2) is 23.0 Å². The van der Waals surface area contributed by atoms with Crippen LogP contribution in [0.2, 0.25) is 0 Å². The van der Waals surface area contributed by atoms with Crippen LogP contribution in [0, 0.1) is 27.7 Å². The first-order chi connectivity index (χ1) is 17.8. The third kappa shape index (κ3) is 7.16. The molecule has 0 amide bonds. The second-order valence-corrected chi connectivity index (χ2v) is 10.3. The van der Waals surface area contributed by atoms with Gasteiger partial charge in [0.2, 0.25) is 0 Å². The van der Waals surface area contributed by atoms with E-state index in [1.165, 1.54) is 0 Å². The zero-order valence-corrected chi connectivity index (χ0v) is 22.9. The lowest BCUT2D eigenvalue weighted by Gasteiger charge is -2.04. The first-order valence-electron chi connectivity index (χ1n) is 11.7. The van der Waals surface area contributed by atoms with Crippen molar-refractivity contribution in [2.45, 2.75) is 34.1 Å². The number of para-hydroxylation sites is 2. The maximum Gasteiger partial charge on any atom is 0.805 e. The van der Waals surface area contributed by atoms with Gasteiger partial charge in [-0.05, 0) is 91.8 Å². The zero-order valence-electron chi connectivity index (χ0n) is 21.1. The molecule has 4 rings (SSSR count). The Balaban J connectivity index is 1.30. The molecule has 188 valence electrons. The van der Waals surface area contributed by atoms with Gasteiger partial charge in [-0.2, -0.15) is 0 Å². The fourth-order valence-electron chi connectivity index (χ4n) is 3.82. The molecule has 0 bridgehead atoms. The predicted molar refractivity (Wildman–Crippen MR) is 145 cm³/mol. The molecule has 0 spiro atoms. The van der Waals surface area contributed by atoms with E-state index in [0.29, 0.717) is 29.4 Å². The minimum atomic E-state index is -2.35. The molecule has 8 heteroatoms. The number of hydrogen-bond acceptors (Lipinski definition) is 6. The maximum absolute atomic E-state index is 12.4. The highest BCUT2D eigenvalue weighted by atomic mass is 31.1. The Morgan fingerprint density at radius 1 is 0.486 bits per heavy atom. The smallest absolute Gasteiger partial charge is 0.222 e. The van der Waals surface area contributed by atoms with Gasteiger partial charge >= 0.3 is 16.5 Å². The van der Waals surface area contributed by atoms with E-state index in [1.54, 1.807) is 24.3 Å². The van der Waals surface area contributed by atoms with Crippen LogP contribution in [-0.4, -0.2) is 0 Å². The Bertz CT molecular complexity index is 1270. The zero-order chi connectivity index (χ0) is 26.4. The molecule has 0 aliphatic carbocycles. The third-order valence-corrected chi connectivity index (χ3v) is 7.15. The average Bonchev–Trinajstić information content (AvgIpc) is 2.86. The molecule has 4 aromatic rings. The standard InChI is InChI=1S/C29H28O6P2/c1-20-7-5-8-21(2)28(20)34-36(30)32-26-15-11-24(12-16-26)19-25-13-17-27(18-14-25)33-37(31)35-29-22(3)9-6-10-23(29)4/h5-18H,19H2,1-4H3/q+2. The van der Waals surface area contributed by atoms with Crippen LogP contribution in [0.4, 0.5) is 0 Å². The lowest BCUT2D eigenvalue weighted by Crippen LogP contribution is -1.94. The fourth-order valence-corrected chi connectivity index (χ4v) is 5.35. The molecule has 0 N–H and O–H groups in total. The van der Waals surface area contributed by atoms with Gasteiger partial charge in [-0.3, -0.25) is 0 Å². The molecule has 0 heterocycles. The second kappa shape index (κ2) is 12.0. The van der Waals surface area contributed by atoms with Gasteiger partial charge in [0, 0.05) is 9.13 Å². The Hall–Kier alpha value is -3.72. The van der Waals surface area contributed by atoms with E-state index in [2.05, 4.69) is 0 Å². The second-order valence-electron chi connectivity index (χ2n) is 8.72. The van der Waals surface area contributed by atoms with E-state index in [1.807, 2.05) is 88.4 Å². The lowest BCUT2D eigenvalue weighted by atomic mass is 10.1. The number of aryl methyl sites for hydroxylation is 4. The summed E-state index contributed by atoms with van der Waals surface area (Å²) >= 11 is 0. The van der Waals surface area contributed by atoms with E-state index in [9.17, 15) is 9.13 Å². The van der Waals surface area contributed by atoms with Crippen LogP contribution >= 0.6 is 16.5 Å². The molecule has 37 heavy (non-hydrogen) atoms. The minimum absolute atomic E-state index is 0.465. The molecule has 0 aliphatic heterocycles. The summed E-state index contributed by atoms with van der Waals surface area (Å²) < 4.78 is 46.8. The summed E-state index contributed by atoms with van der Waals surface area (Å²) in [5, 5.41) is 0. The quantitative estimate of drug-likeness (QED) is 0.190. The summed E-state index contributed by atoms with van der Waals surface area (Å²) in [6.07, 6.45) is 0.677. The maximum atomic E-state index is 12.4. The van der Waals surface area contributed by atoms with Gasteiger partial charge in [0.25, 0.3) is 0 Å². The summed E-state index contributed by atoms with van der Waals surface area (Å²) in [5.74, 6) is 2.09. The summed E-state index contributed by atoms with van der Waals surface area (Å²) in [6.45, 7) is 7.61. The monoisotopic (exact) mass is 534 g/mol. The van der Waals surface area contributed by atoms with E-state index in [4.69, 9.17) is 18.1 Å². The number of benzene rings is 4. The van der Waals surface area contributed by atoms with Crippen molar-refractivity contribution in [1.29, 1.82) is 0 Å². The van der Waals surface area contributed by atoms with Crippen molar-refractivity contribution in [2.75, 3.05) is 0 Å². The molecule has 0 aliphatic rings. The molecule has 0 saturated heterocycles. The molecular formula is C29H28O6P2+2. The summed E-state index contributed by atoms with van der Waals surface area (Å²) in [6, 6.07) is 26.2. The summed E-state index contributed by atoms with van der Waals surface area (Å²) in [5.41, 5.74) is 5.71. The van der Waals surface area contributed by atoms with E-state index < -0.39 is 16.5 Å². The van der Waals surface area contributed by atoms with Gasteiger partial charge in [-0.1, -0.05) is 60.7 Å². The van der Waals surface area contributed by atoms with Crippen molar-refractivity contribution in [1.82, 2.24) is 0 Å². The molecular weight excluding hydrogens is 506 g/mol. The van der Waals surface area contributed by atoms with Crippen LogP contribution in [0.5, 0.6) is 23.0 Å². The minimum Gasteiger partial charge on any atom is -0.222 e. The lowest BCUT2D eigenvalue weighted by molar-refractivity contribution is 0.412. The SMILES string of the molecule is Cc1cccc(C)c1O[P+](=O)Oc1ccc(Cc2ccc(O[P+](=O)Oc3c(C)cccc3C)cc2)cc1. The van der Waals surface area contributed by atoms with E-state index in [-0.39, 0.29) is 0 Å². The van der Waals surface area contributed by atoms with Crippen molar-refractivity contribution in [3.05, 3.63) is 118 Å². The molecule has 4 aromatic carbocycles. The van der Waals surface area contributed by atoms with Crippen LogP contribution in [0.3, 0.4) is 0 Å². The molecule has 2 unspecified atom stereocenters. The van der Waals surface area contributed by atoms with Crippen LogP contribution in [0.1, 0.15) is 33.4 Å². The Morgan fingerprint density at radius 2 is 0.811 bits per heavy atom. The van der Waals surface area contributed by atoms with Crippen molar-refractivity contribution >= 4 is 16.5 Å². The predicted octanol–water partition coefficient (Wildman–Crippen LogP) is 8.74. The van der Waals surface area contributed by atoms with Crippen LogP contribution in [0.25, 0.3) is 0 Å². The van der Waals surface area contributed by atoms with E-state index in [0.717, 1.165) is 33.4 Å². The number of hydrogen-bond donors (Lipinski definition) is 0. The van der Waals surface area contributed by atoms with Crippen molar-refractivity contribution in [2.24, 2.45) is 0 Å². The van der Waals surface area contributed by atoms with Gasteiger partial charge < -0.3 is 0 Å². The molecule has 2 atom stereocenters. The third-order valence-electron chi connectivity index (χ3n) is 5.76. The van der Waals surface area contributed by atoms with Gasteiger partial charge in [-0.15, -0.1) is 0 Å². The van der Waals surface area contributed by atoms with Gasteiger partial charge in [0.05, 0.1) is 0 Å². The van der Waals surface area contributed by atoms with Crippen LogP contribution in [-0.2, 0) is 15.6 Å². The number of rotatable bonds is 10. The summed E-state index contributed by atoms with van der Waals surface area (Å²) in [4.78, 5) is 0. The van der Waals surface area contributed by atoms with Crippen LogP contribution in [0.15, 0.2) is 84.9 Å². The molecule has 0 saturated carbocycles. The first kappa shape index (κ1) is 26.3. The fraction of sp³-hybridized carbons (Fsp3) is 0.172. The first-order valence-corrected chi connectivity index (χ1v) is 13.9. The van der Waals surface area contributed by atoms with Gasteiger partial charge in [0.1, 0.15) is 0 Å². The molecule has 0 aromatic heterocycles. The molecule has 0 fully saturated rings.